The average molecular weight is 274 g/mol. The van der Waals surface area contributed by atoms with Crippen molar-refractivity contribution in [3.63, 3.8) is 0 Å². The molecule has 0 aliphatic rings. The van der Waals surface area contributed by atoms with Gasteiger partial charge in [0.15, 0.2) is 0 Å². The molecule has 0 N–H and O–H groups in total. The van der Waals surface area contributed by atoms with Crippen molar-refractivity contribution in [2.45, 2.75) is 24.6 Å². The Bertz CT molecular complexity index is 339. The van der Waals surface area contributed by atoms with Crippen molar-refractivity contribution in [3.05, 3.63) is 29.8 Å². The Morgan fingerprint density at radius 3 is 1.94 bits per heavy atom. The van der Waals surface area contributed by atoms with Gasteiger partial charge in [0.1, 0.15) is 6.29 Å². The zero-order chi connectivity index (χ0) is 12.8. The van der Waals surface area contributed by atoms with Gasteiger partial charge < -0.3 is 4.90 Å². The van der Waals surface area contributed by atoms with Crippen LogP contribution in [0.1, 0.15) is 24.2 Å². The van der Waals surface area contributed by atoms with Gasteiger partial charge in [0.25, 0.3) is 0 Å². The lowest BCUT2D eigenvalue weighted by atomic mass is 10.2. The predicted molar refractivity (Wildman–Crippen MR) is 74.7 cm³/mol. The summed E-state index contributed by atoms with van der Waals surface area (Å²) in [7, 11) is 0. The van der Waals surface area contributed by atoms with Gasteiger partial charge in [-0.1, -0.05) is 0 Å². The molecule has 0 heterocycles. The minimum atomic E-state index is 0.0520. The maximum absolute atomic E-state index is 10.6. The fraction of sp³-hybridized carbons (Fsp3) is 0.462. The number of hydrogen-bond donors (Lipinski definition) is 0. The minimum Gasteiger partial charge on any atom is -0.369 e. The number of carbonyl (C=O) groups is 1. The number of benzene rings is 1. The molecule has 4 heteroatoms. The number of aldehydes is 1. The summed E-state index contributed by atoms with van der Waals surface area (Å²) >= 11 is 12.0. The van der Waals surface area contributed by atoms with Crippen LogP contribution in [0.2, 0.25) is 0 Å². The molecule has 1 aromatic carbocycles. The number of alkyl halides is 2. The Hall–Kier alpha value is -0.730. The van der Waals surface area contributed by atoms with Crippen LogP contribution >= 0.6 is 23.2 Å². The Kier molecular flexibility index (Phi) is 5.79. The molecule has 2 atom stereocenters. The lowest BCUT2D eigenvalue weighted by molar-refractivity contribution is 0.112. The molecule has 0 aromatic heterocycles. The molecule has 0 bridgehead atoms. The molecule has 2 unspecified atom stereocenters. The molecule has 2 nitrogen and oxygen atoms in total. The number of carbonyl (C=O) groups excluding carboxylic acids is 1. The molecule has 0 spiro atoms. The Morgan fingerprint density at radius 1 is 1.12 bits per heavy atom. The standard InChI is InChI=1S/C13H17Cl2NO/c1-10(14)7-16(8-11(2)15)13-5-3-12(9-17)4-6-13/h3-6,9-11H,7-8H2,1-2H3. The summed E-state index contributed by atoms with van der Waals surface area (Å²) in [5.41, 5.74) is 1.71. The van der Waals surface area contributed by atoms with E-state index in [1.807, 2.05) is 26.0 Å². The predicted octanol–water partition coefficient (Wildman–Crippen LogP) is 3.56. The van der Waals surface area contributed by atoms with Crippen LogP contribution < -0.4 is 4.90 Å². The Morgan fingerprint density at radius 2 is 1.59 bits per heavy atom. The third-order valence-corrected chi connectivity index (χ3v) is 2.61. The van der Waals surface area contributed by atoms with E-state index in [0.717, 1.165) is 25.1 Å². The zero-order valence-corrected chi connectivity index (χ0v) is 11.6. The molecule has 94 valence electrons. The van der Waals surface area contributed by atoms with E-state index >= 15 is 0 Å². The highest BCUT2D eigenvalue weighted by Gasteiger charge is 2.11. The lowest BCUT2D eigenvalue weighted by Gasteiger charge is -2.27. The summed E-state index contributed by atoms with van der Waals surface area (Å²) in [6, 6.07) is 7.44. The number of hydrogen-bond acceptors (Lipinski definition) is 2. The van der Waals surface area contributed by atoms with Gasteiger partial charge in [-0.25, -0.2) is 0 Å². The molecule has 1 rings (SSSR count). The normalized spacial score (nSPS) is 14.1. The fourth-order valence-corrected chi connectivity index (χ4v) is 1.99. The molecule has 17 heavy (non-hydrogen) atoms. The van der Waals surface area contributed by atoms with Crippen molar-refractivity contribution in [1.29, 1.82) is 0 Å². The van der Waals surface area contributed by atoms with Gasteiger partial charge in [0.05, 0.1) is 0 Å². The van der Waals surface area contributed by atoms with Crippen molar-refractivity contribution in [3.8, 4) is 0 Å². The van der Waals surface area contributed by atoms with Crippen LogP contribution in [0.3, 0.4) is 0 Å². The van der Waals surface area contributed by atoms with Crippen LogP contribution in [0.4, 0.5) is 5.69 Å². The van der Waals surface area contributed by atoms with E-state index in [9.17, 15) is 4.79 Å². The van der Waals surface area contributed by atoms with Crippen LogP contribution in [0.5, 0.6) is 0 Å². The van der Waals surface area contributed by atoms with Gasteiger partial charge in [-0.3, -0.25) is 4.79 Å². The zero-order valence-electron chi connectivity index (χ0n) is 10.1. The number of halogens is 2. The third-order valence-electron chi connectivity index (χ3n) is 2.34. The number of nitrogens with zero attached hydrogens (tertiary/aromatic N) is 1. The maximum Gasteiger partial charge on any atom is 0.150 e. The van der Waals surface area contributed by atoms with E-state index in [2.05, 4.69) is 4.90 Å². The highest BCUT2D eigenvalue weighted by atomic mass is 35.5. The molecule has 0 aliphatic carbocycles. The lowest BCUT2D eigenvalue weighted by Crippen LogP contribution is -2.33. The average Bonchev–Trinajstić information content (AvgIpc) is 2.27. The molecular weight excluding hydrogens is 257 g/mol. The van der Waals surface area contributed by atoms with Crippen LogP contribution in [0.15, 0.2) is 24.3 Å². The largest absolute Gasteiger partial charge is 0.369 e. The SMILES string of the molecule is CC(Cl)CN(CC(C)Cl)c1ccc(C=O)cc1. The van der Waals surface area contributed by atoms with Crippen LogP contribution in [0, 0.1) is 0 Å². The van der Waals surface area contributed by atoms with Crippen molar-refractivity contribution in [2.75, 3.05) is 18.0 Å². The topological polar surface area (TPSA) is 20.3 Å². The van der Waals surface area contributed by atoms with Crippen LogP contribution in [-0.4, -0.2) is 30.1 Å². The van der Waals surface area contributed by atoms with Crippen molar-refractivity contribution in [2.24, 2.45) is 0 Å². The van der Waals surface area contributed by atoms with Crippen molar-refractivity contribution in [1.82, 2.24) is 0 Å². The smallest absolute Gasteiger partial charge is 0.150 e. The van der Waals surface area contributed by atoms with Gasteiger partial charge in [0.2, 0.25) is 0 Å². The van der Waals surface area contributed by atoms with Gasteiger partial charge in [-0.2, -0.15) is 0 Å². The van der Waals surface area contributed by atoms with E-state index in [4.69, 9.17) is 23.2 Å². The Balaban J connectivity index is 2.83. The summed E-state index contributed by atoms with van der Waals surface area (Å²) in [5, 5.41) is 0.104. The Labute approximate surface area is 113 Å². The van der Waals surface area contributed by atoms with E-state index in [1.165, 1.54) is 0 Å². The van der Waals surface area contributed by atoms with Gasteiger partial charge in [-0.15, -0.1) is 23.2 Å². The minimum absolute atomic E-state index is 0.0520. The summed E-state index contributed by atoms with van der Waals surface area (Å²) in [6.07, 6.45) is 0.836. The molecule has 0 radical (unpaired) electrons. The second kappa shape index (κ2) is 6.87. The fourth-order valence-electron chi connectivity index (χ4n) is 1.66. The van der Waals surface area contributed by atoms with E-state index in [0.29, 0.717) is 5.56 Å². The van der Waals surface area contributed by atoms with Crippen LogP contribution in [0.25, 0.3) is 0 Å². The van der Waals surface area contributed by atoms with Crippen molar-refractivity contribution < 1.29 is 4.79 Å². The summed E-state index contributed by atoms with van der Waals surface area (Å²) < 4.78 is 0. The quantitative estimate of drug-likeness (QED) is 0.584. The third kappa shape index (κ3) is 4.97. The molecule has 0 fully saturated rings. The first-order valence-electron chi connectivity index (χ1n) is 5.61. The van der Waals surface area contributed by atoms with E-state index in [-0.39, 0.29) is 10.8 Å². The van der Waals surface area contributed by atoms with Crippen molar-refractivity contribution >= 4 is 35.2 Å². The summed E-state index contributed by atoms with van der Waals surface area (Å²) in [4.78, 5) is 12.7. The van der Waals surface area contributed by atoms with E-state index < -0.39 is 0 Å². The highest BCUT2D eigenvalue weighted by Crippen LogP contribution is 2.17. The molecule has 0 saturated carbocycles. The van der Waals surface area contributed by atoms with Gasteiger partial charge in [-0.05, 0) is 38.1 Å². The number of anilines is 1. The van der Waals surface area contributed by atoms with E-state index in [1.54, 1.807) is 12.1 Å². The summed E-state index contributed by atoms with van der Waals surface area (Å²) in [5.74, 6) is 0. The molecule has 1 aromatic rings. The maximum atomic E-state index is 10.6. The second-order valence-electron chi connectivity index (χ2n) is 4.18. The second-order valence-corrected chi connectivity index (χ2v) is 5.67. The first-order chi connectivity index (χ1) is 8.02. The first kappa shape index (κ1) is 14.3. The molecule has 0 amide bonds. The van der Waals surface area contributed by atoms with Gasteiger partial charge >= 0.3 is 0 Å². The summed E-state index contributed by atoms with van der Waals surface area (Å²) in [6.45, 7) is 5.37. The number of rotatable bonds is 6. The molecular formula is C13H17Cl2NO. The first-order valence-corrected chi connectivity index (χ1v) is 6.48. The van der Waals surface area contributed by atoms with Crippen LogP contribution in [-0.2, 0) is 0 Å². The monoisotopic (exact) mass is 273 g/mol. The van der Waals surface area contributed by atoms with Gasteiger partial charge in [0, 0.05) is 35.1 Å². The highest BCUT2D eigenvalue weighted by molar-refractivity contribution is 6.21. The molecule has 0 saturated heterocycles. The molecule has 0 aliphatic heterocycles.